The first-order valence-corrected chi connectivity index (χ1v) is 8.39. The van der Waals surface area contributed by atoms with E-state index < -0.39 is 24.5 Å². The van der Waals surface area contributed by atoms with Gasteiger partial charge in [0, 0.05) is 0 Å². The Kier molecular flexibility index (Phi) is 5.19. The molecule has 0 radical (unpaired) electrons. The molecular weight excluding hydrogens is 328 g/mol. The predicted octanol–water partition coefficient (Wildman–Crippen LogP) is 0.596. The standard InChI is InChI=1S/C16H24N4O5/c1-8(2)23-5-10-13(24-9(3)4)12(21)16(25-10)20-7-19-11-14(20)17-6-18-15(11)22/h6-10,12-13,16,21H,5H2,1-4H3,(H,17,18,22). The topological polar surface area (TPSA) is 111 Å². The van der Waals surface area contributed by atoms with Crippen molar-refractivity contribution in [3.63, 3.8) is 0 Å². The van der Waals surface area contributed by atoms with Gasteiger partial charge in [-0.3, -0.25) is 9.36 Å². The fourth-order valence-corrected chi connectivity index (χ4v) is 2.90. The van der Waals surface area contributed by atoms with Gasteiger partial charge in [-0.25, -0.2) is 9.97 Å². The van der Waals surface area contributed by atoms with E-state index in [-0.39, 0.29) is 23.3 Å². The van der Waals surface area contributed by atoms with Crippen LogP contribution in [0.3, 0.4) is 0 Å². The van der Waals surface area contributed by atoms with Crippen LogP contribution in [0, 0.1) is 0 Å². The van der Waals surface area contributed by atoms with E-state index in [4.69, 9.17) is 14.2 Å². The van der Waals surface area contributed by atoms with E-state index in [1.165, 1.54) is 12.7 Å². The van der Waals surface area contributed by atoms with Gasteiger partial charge in [-0.15, -0.1) is 0 Å². The third kappa shape index (κ3) is 3.59. The van der Waals surface area contributed by atoms with E-state index in [2.05, 4.69) is 15.0 Å². The summed E-state index contributed by atoms with van der Waals surface area (Å²) in [4.78, 5) is 22.5. The maximum absolute atomic E-state index is 11.8. The molecule has 3 rings (SSSR count). The zero-order valence-electron chi connectivity index (χ0n) is 14.7. The van der Waals surface area contributed by atoms with Crippen LogP contribution in [0.2, 0.25) is 0 Å². The van der Waals surface area contributed by atoms with Crippen LogP contribution in [0.5, 0.6) is 0 Å². The highest BCUT2D eigenvalue weighted by Crippen LogP contribution is 2.33. The van der Waals surface area contributed by atoms with Crippen LogP contribution in [0.4, 0.5) is 0 Å². The summed E-state index contributed by atoms with van der Waals surface area (Å²) in [5.74, 6) is 0. The van der Waals surface area contributed by atoms with E-state index in [9.17, 15) is 9.90 Å². The second-order valence-electron chi connectivity index (χ2n) is 6.64. The second-order valence-corrected chi connectivity index (χ2v) is 6.64. The maximum atomic E-state index is 11.8. The molecule has 0 saturated carbocycles. The van der Waals surface area contributed by atoms with Crippen molar-refractivity contribution in [2.75, 3.05) is 6.61 Å². The van der Waals surface area contributed by atoms with Crippen molar-refractivity contribution in [2.24, 2.45) is 0 Å². The lowest BCUT2D eigenvalue weighted by molar-refractivity contribution is -0.0973. The number of nitrogens with one attached hydrogen (secondary N) is 1. The van der Waals surface area contributed by atoms with E-state index in [1.54, 1.807) is 4.57 Å². The SMILES string of the molecule is CC(C)OCC1OC(n2cnc3c(=O)[nH]cnc32)C(O)C1OC(C)C. The second kappa shape index (κ2) is 7.20. The fraction of sp³-hybridized carbons (Fsp3) is 0.688. The Bertz CT molecular complexity index is 771. The van der Waals surface area contributed by atoms with Crippen molar-refractivity contribution in [3.05, 3.63) is 23.0 Å². The zero-order valence-corrected chi connectivity index (χ0v) is 14.7. The molecule has 2 aromatic rings. The van der Waals surface area contributed by atoms with Crippen LogP contribution in [0.1, 0.15) is 33.9 Å². The number of imidazole rings is 1. The van der Waals surface area contributed by atoms with Gasteiger partial charge in [-0.05, 0) is 27.7 Å². The summed E-state index contributed by atoms with van der Waals surface area (Å²) in [6.45, 7) is 7.95. The number of hydrogen-bond donors (Lipinski definition) is 2. The first kappa shape index (κ1) is 18.0. The van der Waals surface area contributed by atoms with Gasteiger partial charge in [-0.2, -0.15) is 0 Å². The molecule has 2 N–H and O–H groups in total. The average Bonchev–Trinajstić information content (AvgIpc) is 3.09. The molecule has 3 heterocycles. The molecule has 2 aromatic heterocycles. The van der Waals surface area contributed by atoms with Crippen LogP contribution in [0.15, 0.2) is 17.4 Å². The third-order valence-electron chi connectivity index (χ3n) is 3.97. The quantitative estimate of drug-likeness (QED) is 0.783. The number of aliphatic hydroxyl groups excluding tert-OH is 1. The average molecular weight is 352 g/mol. The van der Waals surface area contributed by atoms with E-state index >= 15 is 0 Å². The number of aromatic amines is 1. The van der Waals surface area contributed by atoms with Crippen LogP contribution >= 0.6 is 0 Å². The normalized spacial score (nSPS) is 27.0. The van der Waals surface area contributed by atoms with Crippen molar-refractivity contribution >= 4 is 11.2 Å². The van der Waals surface area contributed by atoms with Crippen molar-refractivity contribution in [1.29, 1.82) is 0 Å². The Balaban J connectivity index is 1.90. The van der Waals surface area contributed by atoms with Crippen LogP contribution in [-0.4, -0.2) is 61.8 Å². The van der Waals surface area contributed by atoms with Crippen molar-refractivity contribution in [1.82, 2.24) is 19.5 Å². The number of hydrogen-bond acceptors (Lipinski definition) is 7. The van der Waals surface area contributed by atoms with Gasteiger partial charge < -0.3 is 24.3 Å². The van der Waals surface area contributed by atoms with Crippen LogP contribution in [-0.2, 0) is 14.2 Å². The van der Waals surface area contributed by atoms with Gasteiger partial charge in [0.25, 0.3) is 5.56 Å². The molecule has 9 heteroatoms. The molecule has 25 heavy (non-hydrogen) atoms. The summed E-state index contributed by atoms with van der Waals surface area (Å²) >= 11 is 0. The molecular formula is C16H24N4O5. The number of aromatic nitrogens is 4. The fourth-order valence-electron chi connectivity index (χ4n) is 2.90. The van der Waals surface area contributed by atoms with Crippen LogP contribution in [0.25, 0.3) is 11.2 Å². The summed E-state index contributed by atoms with van der Waals surface area (Å²) in [5, 5.41) is 10.8. The first-order valence-electron chi connectivity index (χ1n) is 8.39. The highest BCUT2D eigenvalue weighted by atomic mass is 16.6. The van der Waals surface area contributed by atoms with Crippen LogP contribution < -0.4 is 5.56 Å². The molecule has 0 amide bonds. The number of aliphatic hydroxyl groups is 1. The largest absolute Gasteiger partial charge is 0.386 e. The predicted molar refractivity (Wildman–Crippen MR) is 89.2 cm³/mol. The summed E-state index contributed by atoms with van der Waals surface area (Å²) in [7, 11) is 0. The number of fused-ring (bicyclic) bond motifs is 1. The van der Waals surface area contributed by atoms with Crippen molar-refractivity contribution < 1.29 is 19.3 Å². The summed E-state index contributed by atoms with van der Waals surface area (Å²) in [6, 6.07) is 0. The number of nitrogens with zero attached hydrogens (tertiary/aromatic N) is 3. The minimum absolute atomic E-state index is 0.0359. The lowest BCUT2D eigenvalue weighted by Gasteiger charge is -2.23. The molecule has 4 unspecified atom stereocenters. The third-order valence-corrected chi connectivity index (χ3v) is 3.97. The minimum atomic E-state index is -0.943. The summed E-state index contributed by atoms with van der Waals surface area (Å²) < 4.78 is 19.1. The Hall–Kier alpha value is -1.81. The Morgan fingerprint density at radius 2 is 2.08 bits per heavy atom. The van der Waals surface area contributed by atoms with E-state index in [1.807, 2.05) is 27.7 Å². The molecule has 0 aliphatic carbocycles. The number of rotatable bonds is 6. The Morgan fingerprint density at radius 1 is 1.32 bits per heavy atom. The van der Waals surface area contributed by atoms with Gasteiger partial charge in [0.05, 0.1) is 31.5 Å². The molecule has 1 aliphatic heterocycles. The van der Waals surface area contributed by atoms with Gasteiger partial charge in [0.15, 0.2) is 17.4 Å². The molecule has 1 saturated heterocycles. The van der Waals surface area contributed by atoms with Gasteiger partial charge in [0.1, 0.15) is 18.3 Å². The van der Waals surface area contributed by atoms with Crippen molar-refractivity contribution in [2.45, 2.75) is 64.4 Å². The van der Waals surface area contributed by atoms with Gasteiger partial charge in [-0.1, -0.05) is 0 Å². The molecule has 0 bridgehead atoms. The van der Waals surface area contributed by atoms with E-state index in [0.717, 1.165) is 0 Å². The molecule has 1 aliphatic rings. The molecule has 4 atom stereocenters. The highest BCUT2D eigenvalue weighted by molar-refractivity contribution is 5.68. The number of ether oxygens (including phenoxy) is 3. The Labute approximate surface area is 144 Å². The molecule has 0 spiro atoms. The lowest BCUT2D eigenvalue weighted by Crippen LogP contribution is -2.38. The van der Waals surface area contributed by atoms with Crippen molar-refractivity contribution in [3.8, 4) is 0 Å². The monoisotopic (exact) mass is 352 g/mol. The maximum Gasteiger partial charge on any atom is 0.278 e. The summed E-state index contributed by atoms with van der Waals surface area (Å²) in [5.41, 5.74) is 0.203. The molecule has 138 valence electrons. The molecule has 9 nitrogen and oxygen atoms in total. The summed E-state index contributed by atoms with van der Waals surface area (Å²) in [6.07, 6.45) is 0.000575. The van der Waals surface area contributed by atoms with Gasteiger partial charge >= 0.3 is 0 Å². The first-order chi connectivity index (χ1) is 11.9. The van der Waals surface area contributed by atoms with E-state index in [0.29, 0.717) is 12.3 Å². The molecule has 0 aromatic carbocycles. The number of H-pyrrole nitrogens is 1. The smallest absolute Gasteiger partial charge is 0.278 e. The highest BCUT2D eigenvalue weighted by Gasteiger charge is 2.46. The zero-order chi connectivity index (χ0) is 18.1. The Morgan fingerprint density at radius 3 is 2.76 bits per heavy atom. The minimum Gasteiger partial charge on any atom is -0.386 e. The molecule has 1 fully saturated rings. The lowest BCUT2D eigenvalue weighted by atomic mass is 10.1. The van der Waals surface area contributed by atoms with Gasteiger partial charge in [0.2, 0.25) is 0 Å².